The normalized spacial score (nSPS) is 24.4. The highest BCUT2D eigenvalue weighted by Gasteiger charge is 2.36. The fraction of sp³-hybridized carbons (Fsp3) is 0.583. The molecule has 8 nitrogen and oxygen atoms in total. The molecule has 34 heavy (non-hydrogen) atoms. The number of benzene rings is 1. The van der Waals surface area contributed by atoms with Crippen molar-refractivity contribution in [3.05, 3.63) is 39.7 Å². The van der Waals surface area contributed by atoms with Gasteiger partial charge in [0.25, 0.3) is 0 Å². The van der Waals surface area contributed by atoms with Crippen LogP contribution < -0.4 is 4.72 Å². The fourth-order valence-corrected chi connectivity index (χ4v) is 6.35. The zero-order chi connectivity index (χ0) is 24.1. The molecule has 4 rings (SSSR count). The third-order valence-electron chi connectivity index (χ3n) is 6.84. The van der Waals surface area contributed by atoms with Crippen molar-refractivity contribution < 1.29 is 18.0 Å². The van der Waals surface area contributed by atoms with E-state index in [9.17, 15) is 18.0 Å². The van der Waals surface area contributed by atoms with Crippen LogP contribution in [0.4, 0.5) is 0 Å². The summed E-state index contributed by atoms with van der Waals surface area (Å²) in [6.07, 6.45) is 7.01. The number of carbonyl (C=O) groups excluding carboxylic acids is 2. The highest BCUT2D eigenvalue weighted by Crippen LogP contribution is 2.22. The quantitative estimate of drug-likeness (QED) is 0.534. The molecule has 1 N–H and O–H groups in total. The predicted molar refractivity (Wildman–Crippen MR) is 135 cm³/mol. The molecule has 3 aliphatic rings. The Morgan fingerprint density at radius 3 is 2.47 bits per heavy atom. The van der Waals surface area contributed by atoms with E-state index in [1.54, 1.807) is 12.1 Å². The number of sulfonamides is 1. The van der Waals surface area contributed by atoms with Gasteiger partial charge in [0.2, 0.25) is 21.8 Å². The van der Waals surface area contributed by atoms with Crippen LogP contribution in [-0.2, 0) is 19.6 Å². The van der Waals surface area contributed by atoms with E-state index < -0.39 is 16.1 Å². The average Bonchev–Trinajstić information content (AvgIpc) is 3.49. The molecule has 2 atom stereocenters. The Morgan fingerprint density at radius 2 is 1.74 bits per heavy atom. The van der Waals surface area contributed by atoms with Crippen LogP contribution in [0.5, 0.6) is 0 Å². The zero-order valence-corrected chi connectivity index (χ0v) is 21.8. The minimum Gasteiger partial charge on any atom is -0.337 e. The van der Waals surface area contributed by atoms with E-state index in [1.165, 1.54) is 23.8 Å². The van der Waals surface area contributed by atoms with Crippen molar-refractivity contribution in [3.63, 3.8) is 0 Å². The zero-order valence-electron chi connectivity index (χ0n) is 19.4. The van der Waals surface area contributed by atoms with Crippen molar-refractivity contribution in [1.82, 2.24) is 19.4 Å². The van der Waals surface area contributed by atoms with E-state index in [-0.39, 0.29) is 24.4 Å². The summed E-state index contributed by atoms with van der Waals surface area (Å²) in [7, 11) is -3.80. The maximum absolute atomic E-state index is 13.1. The molecular weight excluding hydrogens is 520 g/mol. The summed E-state index contributed by atoms with van der Waals surface area (Å²) in [6, 6.07) is 6.61. The molecule has 0 radical (unpaired) electrons. The molecule has 2 amide bonds. The van der Waals surface area contributed by atoms with Gasteiger partial charge in [-0.1, -0.05) is 28.1 Å². The van der Waals surface area contributed by atoms with Gasteiger partial charge in [-0.25, -0.2) is 8.42 Å². The minimum atomic E-state index is -3.80. The Morgan fingerprint density at radius 1 is 1.03 bits per heavy atom. The second-order valence-electron chi connectivity index (χ2n) is 9.36. The lowest BCUT2D eigenvalue weighted by Crippen LogP contribution is -2.55. The standard InChI is InChI=1S/C24H33BrN4O4S/c25-20-9-7-19(8-10-20)11-16-34(32,33)26-22-6-4-14-28(24(22)31)18-23(30)29-15-3-5-21(29)17-27-12-1-2-13-27/h7-11,16,21-22,26H,1-6,12-15,17-18H2/b16-11+. The first-order chi connectivity index (χ1) is 16.3. The number of likely N-dealkylation sites (tertiary alicyclic amines) is 3. The van der Waals surface area contributed by atoms with Gasteiger partial charge in [-0.05, 0) is 75.4 Å². The van der Waals surface area contributed by atoms with Gasteiger partial charge in [-0.3, -0.25) is 9.59 Å². The van der Waals surface area contributed by atoms with E-state index in [1.807, 2.05) is 17.0 Å². The predicted octanol–water partition coefficient (Wildman–Crippen LogP) is 2.42. The third-order valence-corrected chi connectivity index (χ3v) is 8.47. The van der Waals surface area contributed by atoms with Crippen molar-refractivity contribution in [3.8, 4) is 0 Å². The Bertz CT molecular complexity index is 1010. The van der Waals surface area contributed by atoms with Crippen molar-refractivity contribution in [2.24, 2.45) is 0 Å². The highest BCUT2D eigenvalue weighted by atomic mass is 79.9. The maximum Gasteiger partial charge on any atom is 0.242 e. The molecule has 0 spiro atoms. The molecule has 3 fully saturated rings. The number of carbonyl (C=O) groups is 2. The molecule has 0 bridgehead atoms. The van der Waals surface area contributed by atoms with Gasteiger partial charge in [0.05, 0.1) is 6.54 Å². The number of nitrogens with one attached hydrogen (secondary N) is 1. The van der Waals surface area contributed by atoms with Gasteiger partial charge in [0, 0.05) is 35.6 Å². The molecule has 3 heterocycles. The Balaban J connectivity index is 1.33. The van der Waals surface area contributed by atoms with Gasteiger partial charge in [-0.2, -0.15) is 4.72 Å². The Kier molecular flexibility index (Phi) is 8.44. The number of hydrogen-bond donors (Lipinski definition) is 1. The van der Waals surface area contributed by atoms with Crippen LogP contribution in [0.2, 0.25) is 0 Å². The lowest BCUT2D eigenvalue weighted by molar-refractivity contribution is -0.143. The first-order valence-electron chi connectivity index (χ1n) is 12.1. The van der Waals surface area contributed by atoms with Crippen LogP contribution in [0.3, 0.4) is 0 Å². The van der Waals surface area contributed by atoms with Crippen LogP contribution >= 0.6 is 15.9 Å². The van der Waals surface area contributed by atoms with E-state index in [4.69, 9.17) is 0 Å². The van der Waals surface area contributed by atoms with Gasteiger partial charge in [0.1, 0.15) is 6.04 Å². The first kappa shape index (κ1) is 25.3. The molecule has 3 aliphatic heterocycles. The van der Waals surface area contributed by atoms with E-state index in [0.29, 0.717) is 19.4 Å². The number of rotatable bonds is 8. The summed E-state index contributed by atoms with van der Waals surface area (Å²) in [5.74, 6) is -0.357. The summed E-state index contributed by atoms with van der Waals surface area (Å²) in [6.45, 7) is 4.33. The van der Waals surface area contributed by atoms with Crippen LogP contribution in [-0.4, -0.2) is 86.3 Å². The van der Waals surface area contributed by atoms with Crippen molar-refractivity contribution in [1.29, 1.82) is 0 Å². The van der Waals surface area contributed by atoms with Gasteiger partial charge in [-0.15, -0.1) is 0 Å². The summed E-state index contributed by atoms with van der Waals surface area (Å²) in [4.78, 5) is 32.0. The SMILES string of the molecule is O=C1C(NS(=O)(=O)/C=C/c2ccc(Br)cc2)CCCN1CC(=O)N1CCCC1CN1CCCC1. The van der Waals surface area contributed by atoms with Crippen LogP contribution in [0, 0.1) is 0 Å². The molecule has 10 heteroatoms. The number of hydrogen-bond acceptors (Lipinski definition) is 5. The van der Waals surface area contributed by atoms with Gasteiger partial charge in [0.15, 0.2) is 0 Å². The number of amides is 2. The minimum absolute atomic E-state index is 0.0162. The summed E-state index contributed by atoms with van der Waals surface area (Å²) >= 11 is 3.35. The van der Waals surface area contributed by atoms with Crippen molar-refractivity contribution in [2.75, 3.05) is 39.3 Å². The van der Waals surface area contributed by atoms with E-state index in [2.05, 4.69) is 25.6 Å². The van der Waals surface area contributed by atoms with Crippen molar-refractivity contribution >= 4 is 43.8 Å². The number of halogens is 1. The largest absolute Gasteiger partial charge is 0.337 e. The molecule has 2 unspecified atom stereocenters. The lowest BCUT2D eigenvalue weighted by atomic mass is 10.1. The molecule has 186 valence electrons. The van der Waals surface area contributed by atoms with E-state index in [0.717, 1.165) is 54.5 Å². The monoisotopic (exact) mass is 552 g/mol. The molecule has 3 saturated heterocycles. The smallest absolute Gasteiger partial charge is 0.242 e. The topological polar surface area (TPSA) is 90.0 Å². The molecule has 0 aromatic heterocycles. The number of nitrogens with zero attached hydrogens (tertiary/aromatic N) is 3. The van der Waals surface area contributed by atoms with E-state index >= 15 is 0 Å². The van der Waals surface area contributed by atoms with Crippen LogP contribution in [0.25, 0.3) is 6.08 Å². The Hall–Kier alpha value is -1.75. The average molecular weight is 554 g/mol. The highest BCUT2D eigenvalue weighted by molar-refractivity contribution is 9.10. The first-order valence-corrected chi connectivity index (χ1v) is 14.4. The molecule has 0 saturated carbocycles. The number of piperidine rings is 1. The lowest BCUT2D eigenvalue weighted by Gasteiger charge is -2.34. The summed E-state index contributed by atoms with van der Waals surface area (Å²) < 4.78 is 28.6. The molecular formula is C24H33BrN4O4S. The maximum atomic E-state index is 13.1. The van der Waals surface area contributed by atoms with Gasteiger partial charge >= 0.3 is 0 Å². The van der Waals surface area contributed by atoms with Crippen LogP contribution in [0.1, 0.15) is 44.1 Å². The fourth-order valence-electron chi connectivity index (χ4n) is 5.06. The van der Waals surface area contributed by atoms with Crippen LogP contribution in [0.15, 0.2) is 34.1 Å². The Labute approximate surface area is 210 Å². The second kappa shape index (κ2) is 11.3. The third kappa shape index (κ3) is 6.68. The summed E-state index contributed by atoms with van der Waals surface area (Å²) in [5, 5.41) is 1.08. The van der Waals surface area contributed by atoms with Gasteiger partial charge < -0.3 is 14.7 Å². The molecule has 1 aromatic rings. The molecule has 1 aromatic carbocycles. The second-order valence-corrected chi connectivity index (χ2v) is 11.9. The molecule has 0 aliphatic carbocycles. The summed E-state index contributed by atoms with van der Waals surface area (Å²) in [5.41, 5.74) is 0.741. The van der Waals surface area contributed by atoms with Crippen molar-refractivity contribution in [2.45, 2.75) is 50.6 Å².